The predicted molar refractivity (Wildman–Crippen MR) is 344 cm³/mol. The normalized spacial score (nSPS) is 11.0. The molecule has 0 unspecified atom stereocenters. The summed E-state index contributed by atoms with van der Waals surface area (Å²) in [7, 11) is 0. The Hall–Kier alpha value is -7.54. The van der Waals surface area contributed by atoms with E-state index in [4.69, 9.17) is 0 Å². The van der Waals surface area contributed by atoms with Crippen molar-refractivity contribution in [1.29, 1.82) is 0 Å². The number of benzene rings is 4. The molecule has 0 saturated heterocycles. The van der Waals surface area contributed by atoms with E-state index in [-0.39, 0.29) is 0 Å². The van der Waals surface area contributed by atoms with Crippen LogP contribution in [0.1, 0.15) is 5.56 Å². The number of hydrogen-bond acceptors (Lipinski definition) is 6. The van der Waals surface area contributed by atoms with E-state index in [2.05, 4.69) is 210 Å². The molecule has 12 heterocycles. The monoisotopic (exact) mass is 1340 g/mol. The Morgan fingerprint density at radius 3 is 1.68 bits per heavy atom. The minimum atomic E-state index is 1.01. The summed E-state index contributed by atoms with van der Waals surface area (Å²) in [4.78, 5) is 26.7. The minimum absolute atomic E-state index is 1.01. The molecule has 17 heteroatoms. The van der Waals surface area contributed by atoms with Crippen LogP contribution >= 0.6 is 0 Å². The van der Waals surface area contributed by atoms with Gasteiger partial charge in [-0.25, -0.2) is 0 Å². The van der Waals surface area contributed by atoms with Gasteiger partial charge in [-0.2, -0.15) is 0 Å². The molecule has 0 saturated carbocycles. The molecule has 4 aromatic carbocycles. The molecule has 82 heavy (non-hydrogen) atoms. The first-order chi connectivity index (χ1) is 40.2. The fraction of sp³-hybridized carbons (Fsp3) is 0.0154. The van der Waals surface area contributed by atoms with Gasteiger partial charge in [0.1, 0.15) is 0 Å². The molecule has 0 aliphatic carbocycles. The topological polar surface area (TPSA) is 106 Å². The second kappa shape index (κ2) is 24.9. The Morgan fingerprint density at radius 1 is 0.378 bits per heavy atom. The van der Waals surface area contributed by atoms with E-state index >= 15 is 0 Å². The van der Waals surface area contributed by atoms with Crippen LogP contribution < -0.4 is 0 Å². The van der Waals surface area contributed by atoms with Gasteiger partial charge in [-0.1, -0.05) is 0 Å². The van der Waals surface area contributed by atoms with Crippen molar-refractivity contribution in [2.75, 3.05) is 0 Å². The summed E-state index contributed by atoms with van der Waals surface area (Å²) in [6, 6.07) is 68.6. The van der Waals surface area contributed by atoms with Crippen molar-refractivity contribution in [3.8, 4) is 45.7 Å². The van der Waals surface area contributed by atoms with Crippen LogP contribution in [0.5, 0.6) is 0 Å². The summed E-state index contributed by atoms with van der Waals surface area (Å²) in [5.74, 6) is 1.01. The molecule has 5 radical (unpaired) electrons. The SMILES string of the molecule is Cc1c(-c2ccccn2)[n]([GaH])c2ccccc12.[GaH][n]1c(-c2ccccn2)cc2ncccc21.[GaH][n]1c(-c2ncc3ccccn23)cc2ccccc21.[GaH][n]1cc2ccccc2c1-c1ccccn1.[GaH][n]1ccc2ccc3cccnc3c21. The molecule has 12 nitrogen and oxygen atoms in total. The fourth-order valence-corrected chi connectivity index (χ4v) is 16.1. The van der Waals surface area contributed by atoms with Gasteiger partial charge in [0.15, 0.2) is 0 Å². The molecule has 0 amide bonds. The third-order valence-electron chi connectivity index (χ3n) is 14.4. The Bertz CT molecular complexity index is 4810. The van der Waals surface area contributed by atoms with Crippen LogP contribution in [0, 0.1) is 6.92 Å². The summed E-state index contributed by atoms with van der Waals surface area (Å²) in [6.45, 7) is 2.18. The number of rotatable bonds is 4. The molecule has 12 aromatic heterocycles. The first-order valence-electron chi connectivity index (χ1n) is 26.5. The summed E-state index contributed by atoms with van der Waals surface area (Å²) < 4.78 is 13.5. The molecule has 0 bridgehead atoms. The van der Waals surface area contributed by atoms with Gasteiger partial charge in [-0.15, -0.1) is 0 Å². The summed E-state index contributed by atoms with van der Waals surface area (Å²) in [5.41, 5.74) is 17.6. The van der Waals surface area contributed by atoms with Gasteiger partial charge in [0, 0.05) is 0 Å². The fourth-order valence-electron chi connectivity index (χ4n) is 10.5. The van der Waals surface area contributed by atoms with Crippen LogP contribution in [0.4, 0.5) is 0 Å². The number of aromatic nitrogens is 12. The van der Waals surface area contributed by atoms with Crippen molar-refractivity contribution in [1.82, 2.24) is 50.7 Å². The summed E-state index contributed by atoms with van der Waals surface area (Å²) in [5, 5.41) is 7.67. The number of hydrogen-bond donors (Lipinski definition) is 0. The quantitative estimate of drug-likeness (QED) is 0.163. The second-order valence-corrected chi connectivity index (χ2v) is 26.3. The van der Waals surface area contributed by atoms with Crippen molar-refractivity contribution in [3.63, 3.8) is 0 Å². The Balaban J connectivity index is 0.000000102. The van der Waals surface area contributed by atoms with Gasteiger partial charge in [-0.3, -0.25) is 0 Å². The molecule has 16 aromatic rings. The third-order valence-corrected chi connectivity index (χ3v) is 20.8. The Morgan fingerprint density at radius 2 is 0.963 bits per heavy atom. The van der Waals surface area contributed by atoms with Crippen molar-refractivity contribution in [2.24, 2.45) is 0 Å². The van der Waals surface area contributed by atoms with Gasteiger partial charge >= 0.3 is 530 Å². The predicted octanol–water partition coefficient (Wildman–Crippen LogP) is 11.3. The van der Waals surface area contributed by atoms with Crippen LogP contribution in [0.15, 0.2) is 256 Å². The van der Waals surface area contributed by atoms with Gasteiger partial charge in [0.05, 0.1) is 0 Å². The van der Waals surface area contributed by atoms with Gasteiger partial charge in [0.25, 0.3) is 0 Å². The van der Waals surface area contributed by atoms with Crippen LogP contribution in [0.2, 0.25) is 0 Å². The van der Waals surface area contributed by atoms with Crippen LogP contribution in [-0.2, 0) is 0 Å². The van der Waals surface area contributed by atoms with E-state index < -0.39 is 0 Å². The first kappa shape index (κ1) is 55.0. The molecular weight excluding hydrogens is 1300 g/mol. The molecule has 0 atom stereocenters. The first-order valence-corrected chi connectivity index (χ1v) is 33.2. The number of para-hydroxylation sites is 2. The van der Waals surface area contributed by atoms with E-state index in [0.717, 1.165) is 139 Å². The van der Waals surface area contributed by atoms with E-state index in [1.54, 1.807) is 0 Å². The third kappa shape index (κ3) is 11.2. The van der Waals surface area contributed by atoms with Crippen LogP contribution in [0.3, 0.4) is 0 Å². The molecule has 0 spiro atoms. The van der Waals surface area contributed by atoms with Gasteiger partial charge in [0.2, 0.25) is 0 Å². The Kier molecular flexibility index (Phi) is 16.7. The maximum absolute atomic E-state index is 4.58. The Labute approximate surface area is 524 Å². The van der Waals surface area contributed by atoms with E-state index in [0.29, 0.717) is 0 Å². The van der Waals surface area contributed by atoms with Crippen molar-refractivity contribution in [2.45, 2.75) is 6.92 Å². The van der Waals surface area contributed by atoms with E-state index in [1.165, 1.54) is 77.0 Å². The molecule has 385 valence electrons. The number of nitrogens with zero attached hydrogens (tertiary/aromatic N) is 12. The number of imidazole rings is 1. The summed E-state index contributed by atoms with van der Waals surface area (Å²) >= 11 is 5.38. The zero-order valence-corrected chi connectivity index (χ0v) is 60.0. The zero-order chi connectivity index (χ0) is 56.1. The molecule has 0 fully saturated rings. The van der Waals surface area contributed by atoms with Gasteiger partial charge < -0.3 is 0 Å². The molecule has 0 N–H and O–H groups in total. The maximum atomic E-state index is 4.58. The summed E-state index contributed by atoms with van der Waals surface area (Å²) in [6.07, 6.45) is 17.5. The molecule has 0 aliphatic rings. The number of fused-ring (bicyclic) bond motifs is 8. The van der Waals surface area contributed by atoms with Crippen molar-refractivity contribution >= 4 is 165 Å². The van der Waals surface area contributed by atoms with Crippen molar-refractivity contribution in [3.05, 3.63) is 262 Å². The number of aryl methyl sites for hydroxylation is 1. The number of pyridine rings is 6. The van der Waals surface area contributed by atoms with E-state index in [9.17, 15) is 0 Å². The standard InChI is InChI=1S/C15H10N3.C14H11N2.C13H9N2.C12H8N3.C11H7N2.5Ga.5H/c1-2-7-13-11(5-1)9-14(17-13)15-16-10-12-6-3-4-8-18(12)15;1-10-11-6-2-3-7-12(11)16-14(10)13-8-4-5-9-15-13;1-2-6-11-10(5-1)9-15-13(11)12-7-3-4-8-14-12;1-2-6-13-9(4-1)12-8-11-10(15-12)5-3-7-14-11;1-2-8-3-4-9-5-7-13-11(9)10(8)12-6-1;;;;;;;;;;/h1-10H;2-9H,1H3;1-9H;1-8H;1-7H;;;;;;;;;;/q5*-1;5*+1;;;;;. The van der Waals surface area contributed by atoms with E-state index in [1.807, 2.05) is 104 Å². The van der Waals surface area contributed by atoms with Crippen molar-refractivity contribution < 1.29 is 0 Å². The second-order valence-electron chi connectivity index (χ2n) is 19.4. The molecule has 16 rings (SSSR count). The average Bonchev–Trinajstić information content (AvgIpc) is 4.59. The van der Waals surface area contributed by atoms with Crippen LogP contribution in [-0.4, -0.2) is 145 Å². The average molecular weight is 1350 g/mol. The van der Waals surface area contributed by atoms with Gasteiger partial charge in [-0.05, 0) is 0 Å². The zero-order valence-electron chi connectivity index (χ0n) is 45.2. The molecular formula is C65H50Ga5N12. The molecule has 0 aliphatic heterocycles. The van der Waals surface area contributed by atoms with Crippen LogP contribution in [0.25, 0.3) is 117 Å².